The van der Waals surface area contributed by atoms with Gasteiger partial charge in [-0.25, -0.2) is 0 Å². The minimum Gasteiger partial charge on any atom is -0.497 e. The standard InChI is InChI=1S/C18H23O3P.BrH/c1-14(2)13-21-22(17-9-5-15(19-3)6-10-17)18-11-7-16(20-4)8-12-18;/h5-12,14H,13H2,1-4H3;1H. The number of methoxy groups -OCH3 is 2. The molecule has 2 aromatic carbocycles. The van der Waals surface area contributed by atoms with Gasteiger partial charge in [0.25, 0.3) is 0 Å². The van der Waals surface area contributed by atoms with Crippen molar-refractivity contribution in [2.24, 2.45) is 5.92 Å². The molecule has 0 aliphatic carbocycles. The van der Waals surface area contributed by atoms with Crippen molar-refractivity contribution in [3.05, 3.63) is 48.5 Å². The third-order valence-electron chi connectivity index (χ3n) is 3.15. The van der Waals surface area contributed by atoms with Crippen LogP contribution < -0.4 is 20.1 Å². The molecule has 0 amide bonds. The topological polar surface area (TPSA) is 27.7 Å². The molecule has 0 radical (unpaired) electrons. The summed E-state index contributed by atoms with van der Waals surface area (Å²) >= 11 is 0. The fraction of sp³-hybridized carbons (Fsp3) is 0.333. The highest BCUT2D eigenvalue weighted by Gasteiger charge is 2.16. The Hall–Kier alpha value is -1.09. The molecule has 2 aromatic rings. The first kappa shape index (κ1) is 20.0. The van der Waals surface area contributed by atoms with E-state index in [-0.39, 0.29) is 17.0 Å². The number of ether oxygens (including phenoxy) is 2. The maximum Gasteiger partial charge on any atom is 0.118 e. The molecule has 0 aliphatic rings. The molecule has 0 aliphatic heterocycles. The molecule has 0 saturated heterocycles. The minimum atomic E-state index is -0.829. The first-order valence-corrected chi connectivity index (χ1v) is 8.61. The van der Waals surface area contributed by atoms with Crippen molar-refractivity contribution in [3.8, 4) is 11.5 Å². The second-order valence-corrected chi connectivity index (χ2v) is 7.26. The van der Waals surface area contributed by atoms with Crippen LogP contribution >= 0.6 is 25.1 Å². The molecular formula is C18H24BrO3P. The van der Waals surface area contributed by atoms with Gasteiger partial charge < -0.3 is 14.0 Å². The molecule has 0 N–H and O–H groups in total. The van der Waals surface area contributed by atoms with E-state index in [9.17, 15) is 0 Å². The monoisotopic (exact) mass is 398 g/mol. The number of hydrogen-bond acceptors (Lipinski definition) is 3. The van der Waals surface area contributed by atoms with E-state index in [0.29, 0.717) is 5.92 Å². The van der Waals surface area contributed by atoms with Crippen molar-refractivity contribution in [2.75, 3.05) is 20.8 Å². The Morgan fingerprint density at radius 3 is 1.48 bits per heavy atom. The lowest BCUT2D eigenvalue weighted by Gasteiger charge is -2.20. The summed E-state index contributed by atoms with van der Waals surface area (Å²) in [6, 6.07) is 16.2. The highest BCUT2D eigenvalue weighted by atomic mass is 79.9. The van der Waals surface area contributed by atoms with E-state index >= 15 is 0 Å². The predicted octanol–water partition coefficient (Wildman–Crippen LogP) is 4.30. The zero-order valence-corrected chi connectivity index (χ0v) is 16.6. The van der Waals surface area contributed by atoms with Crippen LogP contribution in [-0.4, -0.2) is 20.8 Å². The molecule has 126 valence electrons. The average Bonchev–Trinajstić information content (AvgIpc) is 2.56. The van der Waals surface area contributed by atoms with Gasteiger partial charge in [-0.05, 0) is 54.4 Å². The number of benzene rings is 2. The lowest BCUT2D eigenvalue weighted by Crippen LogP contribution is -2.15. The second kappa shape index (κ2) is 9.92. The second-order valence-electron chi connectivity index (χ2n) is 5.38. The van der Waals surface area contributed by atoms with Gasteiger partial charge in [-0.1, -0.05) is 13.8 Å². The summed E-state index contributed by atoms with van der Waals surface area (Å²) in [6.45, 7) is 5.06. The molecule has 0 heterocycles. The van der Waals surface area contributed by atoms with Crippen molar-refractivity contribution < 1.29 is 14.0 Å². The van der Waals surface area contributed by atoms with E-state index in [1.54, 1.807) is 14.2 Å². The zero-order valence-electron chi connectivity index (χ0n) is 14.0. The summed E-state index contributed by atoms with van der Waals surface area (Å²) in [6.07, 6.45) is 0. The molecule has 0 spiro atoms. The normalized spacial score (nSPS) is 10.5. The highest BCUT2D eigenvalue weighted by molar-refractivity contribution is 8.93. The Bertz CT molecular complexity index is 522. The van der Waals surface area contributed by atoms with Crippen LogP contribution in [0.5, 0.6) is 11.5 Å². The van der Waals surface area contributed by atoms with Gasteiger partial charge in [0, 0.05) is 10.6 Å². The molecule has 0 fully saturated rings. The Kier molecular flexibility index (Phi) is 8.60. The highest BCUT2D eigenvalue weighted by Crippen LogP contribution is 2.36. The number of halogens is 1. The Morgan fingerprint density at radius 1 is 0.783 bits per heavy atom. The lowest BCUT2D eigenvalue weighted by molar-refractivity contribution is 0.305. The fourth-order valence-corrected chi connectivity index (χ4v) is 3.84. The van der Waals surface area contributed by atoms with Gasteiger partial charge in [0.1, 0.15) is 11.5 Å². The summed E-state index contributed by atoms with van der Waals surface area (Å²) < 4.78 is 16.7. The largest absolute Gasteiger partial charge is 0.497 e. The average molecular weight is 399 g/mol. The first-order chi connectivity index (χ1) is 10.6. The quantitative estimate of drug-likeness (QED) is 0.650. The van der Waals surface area contributed by atoms with Crippen molar-refractivity contribution >= 4 is 35.7 Å². The minimum absolute atomic E-state index is 0. The van der Waals surface area contributed by atoms with Gasteiger partial charge in [-0.3, -0.25) is 0 Å². The van der Waals surface area contributed by atoms with E-state index < -0.39 is 8.15 Å². The van der Waals surface area contributed by atoms with Crippen molar-refractivity contribution in [2.45, 2.75) is 13.8 Å². The van der Waals surface area contributed by atoms with Gasteiger partial charge in [0.15, 0.2) is 0 Å². The van der Waals surface area contributed by atoms with Gasteiger partial charge in [-0.15, -0.1) is 17.0 Å². The van der Waals surface area contributed by atoms with Gasteiger partial charge in [0.2, 0.25) is 0 Å². The molecule has 23 heavy (non-hydrogen) atoms. The van der Waals surface area contributed by atoms with Crippen LogP contribution in [0.2, 0.25) is 0 Å². The van der Waals surface area contributed by atoms with Crippen molar-refractivity contribution in [1.82, 2.24) is 0 Å². The molecule has 0 saturated carbocycles. The molecule has 0 aromatic heterocycles. The van der Waals surface area contributed by atoms with Crippen LogP contribution in [0.4, 0.5) is 0 Å². The summed E-state index contributed by atoms with van der Waals surface area (Å²) in [5.41, 5.74) is 0. The SMILES string of the molecule is Br.COc1ccc(P(OCC(C)C)c2ccc(OC)cc2)cc1. The van der Waals surface area contributed by atoms with Crippen molar-refractivity contribution in [1.29, 1.82) is 0 Å². The Morgan fingerprint density at radius 2 is 1.17 bits per heavy atom. The summed E-state index contributed by atoms with van der Waals surface area (Å²) in [5, 5.41) is 2.36. The van der Waals surface area contributed by atoms with E-state index in [2.05, 4.69) is 38.1 Å². The summed E-state index contributed by atoms with van der Waals surface area (Å²) in [7, 11) is 2.52. The summed E-state index contributed by atoms with van der Waals surface area (Å²) in [5.74, 6) is 2.22. The van der Waals surface area contributed by atoms with Crippen LogP contribution in [0.15, 0.2) is 48.5 Å². The lowest BCUT2D eigenvalue weighted by atomic mass is 10.2. The third-order valence-corrected chi connectivity index (χ3v) is 5.09. The fourth-order valence-electron chi connectivity index (χ4n) is 1.96. The third kappa shape index (κ3) is 5.80. The van der Waals surface area contributed by atoms with Crippen molar-refractivity contribution in [3.63, 3.8) is 0 Å². The van der Waals surface area contributed by atoms with E-state index in [0.717, 1.165) is 18.1 Å². The number of hydrogen-bond donors (Lipinski definition) is 0. The van der Waals surface area contributed by atoms with Gasteiger partial charge in [0.05, 0.1) is 29.0 Å². The molecule has 0 bridgehead atoms. The first-order valence-electron chi connectivity index (χ1n) is 7.35. The molecule has 5 heteroatoms. The molecule has 2 rings (SSSR count). The van der Waals surface area contributed by atoms with E-state index in [1.807, 2.05) is 24.3 Å². The molecule has 3 nitrogen and oxygen atoms in total. The Balaban J connectivity index is 0.00000264. The predicted molar refractivity (Wildman–Crippen MR) is 103 cm³/mol. The molecular weight excluding hydrogens is 375 g/mol. The van der Waals surface area contributed by atoms with Gasteiger partial charge in [-0.2, -0.15) is 0 Å². The summed E-state index contributed by atoms with van der Waals surface area (Å²) in [4.78, 5) is 0. The van der Waals surface area contributed by atoms with Crippen LogP contribution in [0.3, 0.4) is 0 Å². The van der Waals surface area contributed by atoms with Crippen LogP contribution in [0.25, 0.3) is 0 Å². The maximum absolute atomic E-state index is 6.21. The zero-order chi connectivity index (χ0) is 15.9. The van der Waals surface area contributed by atoms with Gasteiger partial charge >= 0.3 is 0 Å². The molecule has 0 unspecified atom stereocenters. The van der Waals surface area contributed by atoms with E-state index in [4.69, 9.17) is 14.0 Å². The van der Waals surface area contributed by atoms with Crippen LogP contribution in [0.1, 0.15) is 13.8 Å². The smallest absolute Gasteiger partial charge is 0.118 e. The Labute approximate surface area is 150 Å². The van der Waals surface area contributed by atoms with E-state index in [1.165, 1.54) is 10.6 Å². The molecule has 0 atom stereocenters. The van der Waals surface area contributed by atoms with Crippen LogP contribution in [0, 0.1) is 5.92 Å². The number of rotatable bonds is 7. The maximum atomic E-state index is 6.21. The van der Waals surface area contributed by atoms with Crippen LogP contribution in [-0.2, 0) is 4.52 Å².